The lowest BCUT2D eigenvalue weighted by Crippen LogP contribution is -2.69. The Hall–Kier alpha value is -6.22. The van der Waals surface area contributed by atoms with Crippen LogP contribution in [0, 0.1) is 5.92 Å². The molecule has 290 valence electrons. The number of piperazine rings is 1. The minimum absolute atomic E-state index is 0.0749. The second kappa shape index (κ2) is 13.8. The zero-order valence-electron chi connectivity index (χ0n) is 31.0. The molecule has 2 aromatic heterocycles. The van der Waals surface area contributed by atoms with Crippen LogP contribution in [0.3, 0.4) is 0 Å². The second-order valence-corrected chi connectivity index (χ2v) is 15.8. The van der Waals surface area contributed by atoms with E-state index in [2.05, 4.69) is 25.1 Å². The zero-order chi connectivity index (χ0) is 38.9. The van der Waals surface area contributed by atoms with Gasteiger partial charge in [0.15, 0.2) is 5.65 Å². The van der Waals surface area contributed by atoms with Gasteiger partial charge in [-0.25, -0.2) is 19.0 Å². The molecule has 5 aliphatic heterocycles. The Labute approximate surface area is 326 Å². The highest BCUT2D eigenvalue weighted by molar-refractivity contribution is 6.23. The summed E-state index contributed by atoms with van der Waals surface area (Å²) in [6.45, 7) is 2.32. The van der Waals surface area contributed by atoms with Gasteiger partial charge in [-0.05, 0) is 92.6 Å². The number of imide groups is 2. The summed E-state index contributed by atoms with van der Waals surface area (Å²) in [5.41, 5.74) is 9.72. The molecule has 1 saturated carbocycles. The molecule has 6 aliphatic rings. The highest BCUT2D eigenvalue weighted by atomic mass is 19.1. The van der Waals surface area contributed by atoms with Gasteiger partial charge in [0, 0.05) is 49.4 Å². The molecule has 14 nitrogen and oxygen atoms in total. The van der Waals surface area contributed by atoms with E-state index in [0.29, 0.717) is 53.2 Å². The van der Waals surface area contributed by atoms with Crippen LogP contribution in [0.2, 0.25) is 0 Å². The predicted octanol–water partition coefficient (Wildman–Crippen LogP) is 4.91. The van der Waals surface area contributed by atoms with Crippen molar-refractivity contribution >= 4 is 46.2 Å². The van der Waals surface area contributed by atoms with E-state index in [-0.39, 0.29) is 29.9 Å². The maximum atomic E-state index is 16.3. The van der Waals surface area contributed by atoms with E-state index in [4.69, 9.17) is 15.6 Å². The van der Waals surface area contributed by atoms with Gasteiger partial charge in [-0.3, -0.25) is 34.3 Å². The average Bonchev–Trinajstić information content (AvgIpc) is 3.72. The number of fused-ring (bicyclic) bond motifs is 4. The van der Waals surface area contributed by atoms with Gasteiger partial charge in [-0.1, -0.05) is 18.2 Å². The summed E-state index contributed by atoms with van der Waals surface area (Å²) in [6, 6.07) is 21.5. The molecular formula is C42H40FN9O5. The molecule has 0 radical (unpaired) electrons. The topological polar surface area (TPSA) is 169 Å². The lowest BCUT2D eigenvalue weighted by atomic mass is 9.80. The summed E-state index contributed by atoms with van der Waals surface area (Å²) < 4.78 is 24.0. The van der Waals surface area contributed by atoms with Crippen LogP contribution in [-0.2, 0) is 9.59 Å². The lowest BCUT2D eigenvalue weighted by molar-refractivity contribution is -0.136. The molecule has 4 saturated heterocycles. The first-order valence-corrected chi connectivity index (χ1v) is 19.5. The van der Waals surface area contributed by atoms with Gasteiger partial charge in [0.2, 0.25) is 11.8 Å². The third-order valence-corrected chi connectivity index (χ3v) is 12.4. The fraction of sp³-hybridized carbons (Fsp3) is 0.357. The van der Waals surface area contributed by atoms with Crippen molar-refractivity contribution < 1.29 is 28.3 Å². The van der Waals surface area contributed by atoms with Crippen LogP contribution < -0.4 is 20.7 Å². The van der Waals surface area contributed by atoms with Gasteiger partial charge in [0.25, 0.3) is 11.8 Å². The molecular weight excluding hydrogens is 730 g/mol. The molecule has 4 amide bonds. The summed E-state index contributed by atoms with van der Waals surface area (Å²) >= 11 is 0. The minimum Gasteiger partial charge on any atom is -0.457 e. The number of nitrogens with two attached hydrogens (primary N) is 1. The fourth-order valence-corrected chi connectivity index (χ4v) is 9.51. The summed E-state index contributed by atoms with van der Waals surface area (Å²) in [5.74, 6) is -0.156. The number of para-hydroxylation sites is 1. The van der Waals surface area contributed by atoms with Gasteiger partial charge in [0.1, 0.15) is 41.6 Å². The van der Waals surface area contributed by atoms with Gasteiger partial charge >= 0.3 is 0 Å². The van der Waals surface area contributed by atoms with Crippen molar-refractivity contribution in [1.82, 2.24) is 34.9 Å². The van der Waals surface area contributed by atoms with Crippen LogP contribution in [0.25, 0.3) is 22.3 Å². The zero-order valence-corrected chi connectivity index (χ0v) is 31.0. The fourth-order valence-electron chi connectivity index (χ4n) is 9.51. The smallest absolute Gasteiger partial charge is 0.262 e. The van der Waals surface area contributed by atoms with Crippen molar-refractivity contribution in [2.75, 3.05) is 30.3 Å². The largest absolute Gasteiger partial charge is 0.457 e. The summed E-state index contributed by atoms with van der Waals surface area (Å²) in [5, 5.41) is 7.78. The van der Waals surface area contributed by atoms with Crippen molar-refractivity contribution in [2.24, 2.45) is 5.92 Å². The van der Waals surface area contributed by atoms with Crippen LogP contribution in [0.4, 0.5) is 15.9 Å². The number of amides is 4. The Balaban J connectivity index is 0.791. The molecule has 6 atom stereocenters. The quantitative estimate of drug-likeness (QED) is 0.206. The summed E-state index contributed by atoms with van der Waals surface area (Å²) in [7, 11) is 0. The maximum Gasteiger partial charge on any atom is 0.262 e. The Morgan fingerprint density at radius 2 is 1.60 bits per heavy atom. The van der Waals surface area contributed by atoms with E-state index in [9.17, 15) is 19.2 Å². The normalized spacial score (nSPS) is 26.1. The summed E-state index contributed by atoms with van der Waals surface area (Å²) in [4.78, 5) is 65.3. The van der Waals surface area contributed by atoms with Crippen LogP contribution >= 0.6 is 0 Å². The van der Waals surface area contributed by atoms with Crippen molar-refractivity contribution in [1.29, 1.82) is 0 Å². The minimum atomic E-state index is -1.12. The second-order valence-electron chi connectivity index (χ2n) is 15.8. The number of nitrogens with one attached hydrogen (secondary N) is 1. The SMILES string of the molecule is Nc1ncnc2c1c(-c1ccc(Oc3ccccc3)cc1)nn2C1CCC(CN2C3CC2CN(c2ccc4c(c2)C(=O)N(C2CCC(=O)NC2=O)C4=O)C3)CC1F. The third kappa shape index (κ3) is 6.07. The molecule has 11 rings (SSSR count). The van der Waals surface area contributed by atoms with E-state index >= 15 is 4.39 Å². The number of carbonyl (C=O) groups excluding carboxylic acids is 4. The molecule has 3 N–H and O–H groups in total. The van der Waals surface area contributed by atoms with E-state index in [1.165, 1.54) is 6.33 Å². The molecule has 57 heavy (non-hydrogen) atoms. The van der Waals surface area contributed by atoms with E-state index in [0.717, 1.165) is 54.4 Å². The number of nitrogen functional groups attached to an aromatic ring is 1. The Bertz CT molecular complexity index is 2430. The number of carbonyl (C=O) groups is 4. The number of aromatic nitrogens is 4. The molecule has 2 bridgehead atoms. The van der Waals surface area contributed by atoms with Gasteiger partial charge in [0.05, 0.1) is 22.6 Å². The van der Waals surface area contributed by atoms with Crippen molar-refractivity contribution in [3.63, 3.8) is 0 Å². The van der Waals surface area contributed by atoms with Gasteiger partial charge < -0.3 is 15.4 Å². The number of hydrogen-bond acceptors (Lipinski definition) is 11. The Kier molecular flexibility index (Phi) is 8.50. The van der Waals surface area contributed by atoms with Crippen LogP contribution in [0.1, 0.15) is 65.3 Å². The average molecular weight is 770 g/mol. The first-order chi connectivity index (χ1) is 27.7. The number of nitrogens with zero attached hydrogens (tertiary/aromatic N) is 7. The molecule has 3 aromatic carbocycles. The number of hydrogen-bond donors (Lipinski definition) is 2. The third-order valence-electron chi connectivity index (χ3n) is 12.4. The standard InChI is InChI=1S/C42H40FN9O5/c43-32-16-23(6-13-33(32)52-39-36(38(44)45-22-46-39)37(48-52)24-7-10-29(11-8-24)57-28-4-2-1-3-5-28)19-50-26-17-27(50)21-49(20-26)25-9-12-30-31(18-25)42(56)51(41(30)55)34-14-15-35(53)47-40(34)54/h1-5,7-12,18,22-23,26-27,32-34H,6,13-17,19-21H2,(H2,44,45,46)(H,47,53,54). The number of halogens is 1. The molecule has 6 unspecified atom stereocenters. The predicted molar refractivity (Wildman–Crippen MR) is 207 cm³/mol. The van der Waals surface area contributed by atoms with Gasteiger partial charge in [-0.15, -0.1) is 0 Å². The first-order valence-electron chi connectivity index (χ1n) is 19.5. The number of alkyl halides is 1. The highest BCUT2D eigenvalue weighted by Gasteiger charge is 2.48. The van der Waals surface area contributed by atoms with Crippen LogP contribution in [0.15, 0.2) is 79.1 Å². The monoisotopic (exact) mass is 769 g/mol. The number of rotatable bonds is 8. The molecule has 5 fully saturated rings. The molecule has 15 heteroatoms. The first kappa shape index (κ1) is 35.2. The molecule has 1 aliphatic carbocycles. The van der Waals surface area contributed by atoms with E-state index in [1.807, 2.05) is 60.7 Å². The Morgan fingerprint density at radius 1 is 0.842 bits per heavy atom. The Morgan fingerprint density at radius 3 is 2.35 bits per heavy atom. The highest BCUT2D eigenvalue weighted by Crippen LogP contribution is 2.43. The number of piperidine rings is 2. The van der Waals surface area contributed by atoms with Crippen molar-refractivity contribution in [3.8, 4) is 22.8 Å². The molecule has 0 spiro atoms. The van der Waals surface area contributed by atoms with Gasteiger partial charge in [-0.2, -0.15) is 5.10 Å². The number of anilines is 2. The molecule has 5 aromatic rings. The van der Waals surface area contributed by atoms with Crippen LogP contribution in [-0.4, -0.2) is 97.1 Å². The van der Waals surface area contributed by atoms with E-state index < -0.39 is 41.9 Å². The van der Waals surface area contributed by atoms with Crippen molar-refractivity contribution in [2.45, 2.75) is 68.9 Å². The van der Waals surface area contributed by atoms with Crippen molar-refractivity contribution in [3.05, 3.63) is 90.3 Å². The lowest BCUT2D eigenvalue weighted by Gasteiger charge is -2.58. The molecule has 7 heterocycles. The summed E-state index contributed by atoms with van der Waals surface area (Å²) in [6.07, 6.45) is 3.40. The number of ether oxygens (including phenoxy) is 1. The maximum absolute atomic E-state index is 16.3. The van der Waals surface area contributed by atoms with E-state index in [1.54, 1.807) is 16.8 Å². The van der Waals surface area contributed by atoms with Crippen LogP contribution in [0.5, 0.6) is 11.5 Å². The number of benzene rings is 3.